The van der Waals surface area contributed by atoms with Gasteiger partial charge >= 0.3 is 0 Å². The summed E-state index contributed by atoms with van der Waals surface area (Å²) in [6.07, 6.45) is 6.39. The van der Waals surface area contributed by atoms with Crippen molar-refractivity contribution in [3.8, 4) is 11.6 Å². The van der Waals surface area contributed by atoms with Crippen molar-refractivity contribution >= 4 is 30.1 Å². The van der Waals surface area contributed by atoms with Crippen LogP contribution in [-0.4, -0.2) is 29.2 Å². The molecule has 146 valence electrons. The number of thioether (sulfide) groups is 1. The Balaban J connectivity index is 0.00000261. The zero-order chi connectivity index (χ0) is 18.5. The molecule has 1 aromatic carbocycles. The number of carbonyl (C=O) groups is 1. The Labute approximate surface area is 168 Å². The Morgan fingerprint density at radius 1 is 1.30 bits per heavy atom. The Morgan fingerprint density at radius 3 is 2.74 bits per heavy atom. The first-order valence-electron chi connectivity index (χ1n) is 8.59. The first kappa shape index (κ1) is 21.5. The number of nitrogens with two attached hydrogens (primary N) is 1. The SMILES string of the molecule is CSc1cccc(Oc2ncc(F)cc2C(=O)NC2CCC(N)CC2)c1.Cl. The fourth-order valence-corrected chi connectivity index (χ4v) is 3.42. The van der Waals surface area contributed by atoms with E-state index in [1.54, 1.807) is 17.8 Å². The number of aromatic nitrogens is 1. The van der Waals surface area contributed by atoms with Crippen molar-refractivity contribution < 1.29 is 13.9 Å². The van der Waals surface area contributed by atoms with Gasteiger partial charge in [0, 0.05) is 17.0 Å². The van der Waals surface area contributed by atoms with E-state index in [9.17, 15) is 9.18 Å². The van der Waals surface area contributed by atoms with E-state index in [2.05, 4.69) is 10.3 Å². The minimum absolute atomic E-state index is 0. The van der Waals surface area contributed by atoms with Gasteiger partial charge in [0.25, 0.3) is 5.91 Å². The molecule has 0 radical (unpaired) electrons. The number of halogens is 2. The maximum Gasteiger partial charge on any atom is 0.257 e. The van der Waals surface area contributed by atoms with E-state index >= 15 is 0 Å². The van der Waals surface area contributed by atoms with Crippen LogP contribution in [0.4, 0.5) is 4.39 Å². The van der Waals surface area contributed by atoms with E-state index in [0.717, 1.165) is 42.8 Å². The summed E-state index contributed by atoms with van der Waals surface area (Å²) in [5.41, 5.74) is 5.99. The van der Waals surface area contributed by atoms with Gasteiger partial charge in [-0.1, -0.05) is 6.07 Å². The van der Waals surface area contributed by atoms with Crippen LogP contribution in [-0.2, 0) is 0 Å². The molecule has 1 aliphatic rings. The minimum Gasteiger partial charge on any atom is -0.438 e. The number of pyridine rings is 1. The smallest absolute Gasteiger partial charge is 0.257 e. The number of amides is 1. The predicted molar refractivity (Wildman–Crippen MR) is 107 cm³/mol. The van der Waals surface area contributed by atoms with Crippen LogP contribution in [0.25, 0.3) is 0 Å². The lowest BCUT2D eigenvalue weighted by Gasteiger charge is -2.27. The number of nitrogens with zero attached hydrogens (tertiary/aromatic N) is 1. The van der Waals surface area contributed by atoms with Crippen LogP contribution in [0.5, 0.6) is 11.6 Å². The minimum atomic E-state index is -0.578. The molecule has 3 rings (SSSR count). The third kappa shape index (κ3) is 5.82. The average molecular weight is 412 g/mol. The molecule has 0 atom stereocenters. The number of hydrogen-bond donors (Lipinski definition) is 2. The Kier molecular flexibility index (Phi) is 7.89. The number of nitrogens with one attached hydrogen (secondary N) is 1. The van der Waals surface area contributed by atoms with Crippen molar-refractivity contribution in [3.05, 3.63) is 47.9 Å². The average Bonchev–Trinajstić information content (AvgIpc) is 2.65. The van der Waals surface area contributed by atoms with Gasteiger partial charge in [-0.2, -0.15) is 0 Å². The summed E-state index contributed by atoms with van der Waals surface area (Å²) in [4.78, 5) is 17.6. The lowest BCUT2D eigenvalue weighted by Crippen LogP contribution is -2.40. The van der Waals surface area contributed by atoms with Gasteiger partial charge < -0.3 is 15.8 Å². The quantitative estimate of drug-likeness (QED) is 0.722. The second kappa shape index (κ2) is 9.92. The topological polar surface area (TPSA) is 77.2 Å². The summed E-state index contributed by atoms with van der Waals surface area (Å²) in [6.45, 7) is 0. The summed E-state index contributed by atoms with van der Waals surface area (Å²) < 4.78 is 19.4. The lowest BCUT2D eigenvalue weighted by molar-refractivity contribution is 0.0922. The van der Waals surface area contributed by atoms with Gasteiger partial charge in [0.2, 0.25) is 5.88 Å². The van der Waals surface area contributed by atoms with E-state index in [-0.39, 0.29) is 41.8 Å². The molecule has 1 saturated carbocycles. The molecular weight excluding hydrogens is 389 g/mol. The molecule has 5 nitrogen and oxygen atoms in total. The highest BCUT2D eigenvalue weighted by Gasteiger charge is 2.23. The van der Waals surface area contributed by atoms with Crippen LogP contribution in [0, 0.1) is 5.82 Å². The molecule has 0 saturated heterocycles. The van der Waals surface area contributed by atoms with E-state index in [0.29, 0.717) is 5.75 Å². The molecular formula is C19H23ClFN3O2S. The van der Waals surface area contributed by atoms with E-state index in [1.807, 2.05) is 24.5 Å². The molecule has 0 bridgehead atoms. The molecule has 3 N–H and O–H groups in total. The van der Waals surface area contributed by atoms with Gasteiger partial charge in [-0.05, 0) is 56.2 Å². The molecule has 8 heteroatoms. The van der Waals surface area contributed by atoms with Crippen molar-refractivity contribution in [3.63, 3.8) is 0 Å². The van der Waals surface area contributed by atoms with Crippen LogP contribution >= 0.6 is 24.2 Å². The third-order valence-electron chi connectivity index (χ3n) is 4.43. The van der Waals surface area contributed by atoms with Gasteiger partial charge in [0.15, 0.2) is 0 Å². The molecule has 0 aliphatic heterocycles. The fraction of sp³-hybridized carbons (Fsp3) is 0.368. The predicted octanol–water partition coefficient (Wildman–Crippen LogP) is 4.16. The van der Waals surface area contributed by atoms with Crippen molar-refractivity contribution in [1.29, 1.82) is 0 Å². The summed E-state index contributed by atoms with van der Waals surface area (Å²) in [5, 5.41) is 2.95. The molecule has 1 aliphatic carbocycles. The molecule has 1 fully saturated rings. The number of ether oxygens (including phenoxy) is 1. The first-order valence-corrected chi connectivity index (χ1v) is 9.81. The molecule has 0 unspecified atom stereocenters. The zero-order valence-electron chi connectivity index (χ0n) is 15.0. The molecule has 1 heterocycles. The Bertz CT molecular complexity index is 785. The maximum absolute atomic E-state index is 13.7. The molecule has 2 aromatic rings. The second-order valence-corrected chi connectivity index (χ2v) is 7.25. The van der Waals surface area contributed by atoms with Crippen LogP contribution in [0.15, 0.2) is 41.4 Å². The normalized spacial score (nSPS) is 19.1. The van der Waals surface area contributed by atoms with Gasteiger partial charge in [0.05, 0.1) is 6.20 Å². The molecule has 1 amide bonds. The van der Waals surface area contributed by atoms with Gasteiger partial charge in [-0.3, -0.25) is 4.79 Å². The monoisotopic (exact) mass is 411 g/mol. The first-order chi connectivity index (χ1) is 12.5. The van der Waals surface area contributed by atoms with E-state index < -0.39 is 5.82 Å². The van der Waals surface area contributed by atoms with Crippen molar-refractivity contribution in [2.75, 3.05) is 6.26 Å². The van der Waals surface area contributed by atoms with Gasteiger partial charge in [-0.15, -0.1) is 24.2 Å². The number of rotatable bonds is 5. The van der Waals surface area contributed by atoms with Crippen LogP contribution in [0.1, 0.15) is 36.0 Å². The summed E-state index contributed by atoms with van der Waals surface area (Å²) in [7, 11) is 0. The number of benzene rings is 1. The van der Waals surface area contributed by atoms with Crippen molar-refractivity contribution in [2.45, 2.75) is 42.7 Å². The Morgan fingerprint density at radius 2 is 2.04 bits per heavy atom. The lowest BCUT2D eigenvalue weighted by atomic mass is 9.91. The number of hydrogen-bond acceptors (Lipinski definition) is 5. The third-order valence-corrected chi connectivity index (χ3v) is 5.15. The van der Waals surface area contributed by atoms with Crippen molar-refractivity contribution in [2.24, 2.45) is 5.73 Å². The van der Waals surface area contributed by atoms with Crippen LogP contribution < -0.4 is 15.8 Å². The zero-order valence-corrected chi connectivity index (χ0v) is 16.6. The largest absolute Gasteiger partial charge is 0.438 e. The molecule has 0 spiro atoms. The van der Waals surface area contributed by atoms with Gasteiger partial charge in [0.1, 0.15) is 17.1 Å². The fourth-order valence-electron chi connectivity index (χ4n) is 2.97. The highest BCUT2D eigenvalue weighted by atomic mass is 35.5. The maximum atomic E-state index is 13.7. The van der Waals surface area contributed by atoms with E-state index in [1.165, 1.54) is 0 Å². The van der Waals surface area contributed by atoms with Crippen LogP contribution in [0.2, 0.25) is 0 Å². The van der Waals surface area contributed by atoms with Gasteiger partial charge in [-0.25, -0.2) is 9.37 Å². The standard InChI is InChI=1S/C19H22FN3O2S.ClH/c1-26-16-4-2-3-15(10-16)25-19-17(9-12(20)11-22-19)18(24)23-14-7-5-13(21)6-8-14;/h2-4,9-11,13-14H,5-8,21H2,1H3,(H,23,24);1H. The summed E-state index contributed by atoms with van der Waals surface area (Å²) in [5.74, 6) is -0.317. The summed E-state index contributed by atoms with van der Waals surface area (Å²) in [6, 6.07) is 8.83. The summed E-state index contributed by atoms with van der Waals surface area (Å²) >= 11 is 1.58. The highest BCUT2D eigenvalue weighted by Crippen LogP contribution is 2.27. The number of carbonyl (C=O) groups excluding carboxylic acids is 1. The second-order valence-electron chi connectivity index (χ2n) is 6.37. The Hall–Kier alpha value is -1.83. The van der Waals surface area contributed by atoms with Crippen LogP contribution in [0.3, 0.4) is 0 Å². The highest BCUT2D eigenvalue weighted by molar-refractivity contribution is 7.98. The van der Waals surface area contributed by atoms with E-state index in [4.69, 9.17) is 10.5 Å². The molecule has 1 aromatic heterocycles. The molecule has 27 heavy (non-hydrogen) atoms. The van der Waals surface area contributed by atoms with Crippen molar-refractivity contribution in [1.82, 2.24) is 10.3 Å².